The third kappa shape index (κ3) is 5.49. The van der Waals surface area contributed by atoms with Gasteiger partial charge in [0.2, 0.25) is 0 Å². The molecule has 2 aromatic rings. The number of ether oxygens (including phenoxy) is 2. The van der Waals surface area contributed by atoms with Crippen molar-refractivity contribution in [1.29, 1.82) is 0 Å². The van der Waals surface area contributed by atoms with Crippen molar-refractivity contribution in [3.05, 3.63) is 45.4 Å². The number of carbonyl (C=O) groups is 1. The Morgan fingerprint density at radius 3 is 2.95 bits per heavy atom. The van der Waals surface area contributed by atoms with Crippen molar-refractivity contribution in [1.82, 2.24) is 4.98 Å². The fraction of sp³-hybridized carbons (Fsp3) is 0.333. The van der Waals surface area contributed by atoms with Gasteiger partial charge in [0, 0.05) is 29.1 Å². The maximum Gasteiger partial charge on any atom is 0.252 e. The molecule has 0 unspecified atom stereocenters. The average Bonchev–Trinajstić information content (AvgIpc) is 2.93. The summed E-state index contributed by atoms with van der Waals surface area (Å²) in [6, 6.07) is 8.05. The van der Waals surface area contributed by atoms with E-state index < -0.39 is 0 Å². The summed E-state index contributed by atoms with van der Waals surface area (Å²) in [5.74, 6) is -0.210. The zero-order valence-electron chi connectivity index (χ0n) is 12.2. The maximum absolute atomic E-state index is 11.7. The lowest BCUT2D eigenvalue weighted by atomic mass is 10.1. The second-order valence-electron chi connectivity index (χ2n) is 4.49. The number of thiazole rings is 1. The van der Waals surface area contributed by atoms with Crippen LogP contribution >= 0.6 is 27.3 Å². The van der Waals surface area contributed by atoms with Crippen LogP contribution in [0.3, 0.4) is 0 Å². The van der Waals surface area contributed by atoms with Crippen LogP contribution in [0.2, 0.25) is 0 Å². The number of aromatic nitrogens is 1. The highest BCUT2D eigenvalue weighted by Crippen LogP contribution is 2.24. The summed E-state index contributed by atoms with van der Waals surface area (Å²) in [6.07, 6.45) is 2.56. The molecule has 0 aliphatic rings. The Balaban J connectivity index is 1.84. The molecule has 0 atom stereocenters. The van der Waals surface area contributed by atoms with Gasteiger partial charge in [0.15, 0.2) is 5.13 Å². The summed E-state index contributed by atoms with van der Waals surface area (Å²) < 4.78 is 11.1. The van der Waals surface area contributed by atoms with Gasteiger partial charge in [-0.15, -0.1) is 11.3 Å². The Morgan fingerprint density at radius 1 is 1.36 bits per heavy atom. The van der Waals surface area contributed by atoms with Gasteiger partial charge in [-0.05, 0) is 11.6 Å². The van der Waals surface area contributed by atoms with E-state index in [0.717, 1.165) is 15.8 Å². The first-order valence-electron chi connectivity index (χ1n) is 6.73. The van der Waals surface area contributed by atoms with E-state index in [9.17, 15) is 4.79 Å². The summed E-state index contributed by atoms with van der Waals surface area (Å²) in [5.41, 5.74) is 1.19. The maximum atomic E-state index is 11.7. The zero-order chi connectivity index (χ0) is 15.8. The molecule has 0 spiro atoms. The Labute approximate surface area is 141 Å². The van der Waals surface area contributed by atoms with Gasteiger partial charge in [-0.3, -0.25) is 10.1 Å². The third-order valence-corrected chi connectivity index (χ3v) is 4.47. The number of nitrogens with zero attached hydrogens (tertiary/aromatic N) is 1. The monoisotopic (exact) mass is 384 g/mol. The number of nitrogens with one attached hydrogen (secondary N) is 1. The van der Waals surface area contributed by atoms with Crippen LogP contribution in [0.4, 0.5) is 5.13 Å². The molecule has 0 aliphatic carbocycles. The topological polar surface area (TPSA) is 60.5 Å². The minimum atomic E-state index is -0.210. The number of amides is 1. The molecule has 0 fully saturated rings. The summed E-state index contributed by atoms with van der Waals surface area (Å²) in [6.45, 7) is 0.873. The van der Waals surface area contributed by atoms with Crippen LogP contribution in [0.25, 0.3) is 0 Å². The highest BCUT2D eigenvalue weighted by molar-refractivity contribution is 9.10. The predicted molar refractivity (Wildman–Crippen MR) is 90.4 cm³/mol. The van der Waals surface area contributed by atoms with E-state index in [0.29, 0.717) is 18.3 Å². The fourth-order valence-electron chi connectivity index (χ4n) is 1.74. The number of rotatable bonds is 8. The second-order valence-corrected chi connectivity index (χ2v) is 6.46. The molecule has 1 aromatic carbocycles. The van der Waals surface area contributed by atoms with Crippen molar-refractivity contribution in [2.45, 2.75) is 6.42 Å². The van der Waals surface area contributed by atoms with Gasteiger partial charge in [0.1, 0.15) is 6.61 Å². The molecular formula is C15H17BrN2O3S. The molecule has 1 heterocycles. The van der Waals surface area contributed by atoms with Gasteiger partial charge in [0.05, 0.1) is 13.2 Å². The van der Waals surface area contributed by atoms with Crippen molar-refractivity contribution in [2.24, 2.45) is 0 Å². The van der Waals surface area contributed by atoms with E-state index in [1.165, 1.54) is 16.9 Å². The molecule has 0 bridgehead atoms. The minimum absolute atomic E-state index is 0.00249. The lowest BCUT2D eigenvalue weighted by molar-refractivity contribution is -0.121. The van der Waals surface area contributed by atoms with Gasteiger partial charge in [-0.25, -0.2) is 4.98 Å². The Kier molecular flexibility index (Phi) is 6.98. The van der Waals surface area contributed by atoms with Gasteiger partial charge < -0.3 is 9.47 Å². The molecule has 0 saturated carbocycles. The van der Waals surface area contributed by atoms with Crippen molar-refractivity contribution in [3.63, 3.8) is 0 Å². The van der Waals surface area contributed by atoms with Gasteiger partial charge in [0.25, 0.3) is 5.91 Å². The SMILES string of the molecule is COCCOCC(=O)Nc1ncc(Cc2ccccc2Br)s1. The zero-order valence-corrected chi connectivity index (χ0v) is 14.6. The normalized spacial score (nSPS) is 10.6. The third-order valence-electron chi connectivity index (χ3n) is 2.79. The smallest absolute Gasteiger partial charge is 0.252 e. The van der Waals surface area contributed by atoms with Crippen LogP contribution in [0.15, 0.2) is 34.9 Å². The van der Waals surface area contributed by atoms with Gasteiger partial charge in [-0.2, -0.15) is 0 Å². The van der Waals surface area contributed by atoms with Crippen LogP contribution in [-0.2, 0) is 20.7 Å². The summed E-state index contributed by atoms with van der Waals surface area (Å²) in [7, 11) is 1.59. The highest BCUT2D eigenvalue weighted by atomic mass is 79.9. The first kappa shape index (κ1) is 17.1. The molecule has 118 valence electrons. The predicted octanol–water partition coefficient (Wildman–Crippen LogP) is 3.10. The van der Waals surface area contributed by atoms with E-state index in [1.54, 1.807) is 13.3 Å². The largest absolute Gasteiger partial charge is 0.382 e. The fourth-order valence-corrected chi connectivity index (χ4v) is 3.02. The molecule has 0 saturated heterocycles. The molecular weight excluding hydrogens is 368 g/mol. The van der Waals surface area contributed by atoms with Crippen LogP contribution < -0.4 is 5.32 Å². The lowest BCUT2D eigenvalue weighted by Crippen LogP contribution is -2.19. The van der Waals surface area contributed by atoms with Crippen molar-refractivity contribution in [2.75, 3.05) is 32.2 Å². The van der Waals surface area contributed by atoms with Crippen molar-refractivity contribution in [3.8, 4) is 0 Å². The van der Waals surface area contributed by atoms with E-state index >= 15 is 0 Å². The highest BCUT2D eigenvalue weighted by Gasteiger charge is 2.08. The number of anilines is 1. The minimum Gasteiger partial charge on any atom is -0.382 e. The molecule has 0 aliphatic heterocycles. The number of hydrogen-bond donors (Lipinski definition) is 1. The van der Waals surface area contributed by atoms with E-state index in [-0.39, 0.29) is 12.5 Å². The molecule has 22 heavy (non-hydrogen) atoms. The number of halogens is 1. The first-order valence-corrected chi connectivity index (χ1v) is 8.34. The van der Waals surface area contributed by atoms with Crippen molar-refractivity contribution < 1.29 is 14.3 Å². The Bertz CT molecular complexity index is 618. The summed E-state index contributed by atoms with van der Waals surface area (Å²) >= 11 is 4.99. The summed E-state index contributed by atoms with van der Waals surface area (Å²) in [5, 5.41) is 3.32. The molecule has 0 radical (unpaired) electrons. The lowest BCUT2D eigenvalue weighted by Gasteiger charge is -2.03. The van der Waals surface area contributed by atoms with Crippen LogP contribution in [0.5, 0.6) is 0 Å². The molecule has 1 amide bonds. The van der Waals surface area contributed by atoms with E-state index in [1.807, 2.05) is 18.2 Å². The van der Waals surface area contributed by atoms with Crippen LogP contribution in [0.1, 0.15) is 10.4 Å². The molecule has 2 rings (SSSR count). The molecule has 1 N–H and O–H groups in total. The second kappa shape index (κ2) is 8.99. The van der Waals surface area contributed by atoms with Crippen molar-refractivity contribution >= 4 is 38.3 Å². The van der Waals surface area contributed by atoms with E-state index in [4.69, 9.17) is 9.47 Å². The molecule has 5 nitrogen and oxygen atoms in total. The number of carbonyl (C=O) groups excluding carboxylic acids is 1. The Hall–Kier alpha value is -1.28. The summed E-state index contributed by atoms with van der Waals surface area (Å²) in [4.78, 5) is 17.0. The number of hydrogen-bond acceptors (Lipinski definition) is 5. The van der Waals surface area contributed by atoms with Gasteiger partial charge >= 0.3 is 0 Å². The molecule has 1 aromatic heterocycles. The quantitative estimate of drug-likeness (QED) is 0.710. The van der Waals surface area contributed by atoms with Crippen LogP contribution in [0, 0.1) is 0 Å². The Morgan fingerprint density at radius 2 is 2.18 bits per heavy atom. The van der Waals surface area contributed by atoms with Gasteiger partial charge in [-0.1, -0.05) is 34.1 Å². The standard InChI is InChI=1S/C15H17BrN2O3S/c1-20-6-7-21-10-14(19)18-15-17-9-12(22-15)8-11-4-2-3-5-13(11)16/h2-5,9H,6-8,10H2,1H3,(H,17,18,19). The average molecular weight is 385 g/mol. The molecule has 7 heteroatoms. The first-order chi connectivity index (χ1) is 10.7. The van der Waals surface area contributed by atoms with Crippen LogP contribution in [-0.4, -0.2) is 37.8 Å². The number of benzene rings is 1. The van der Waals surface area contributed by atoms with E-state index in [2.05, 4.69) is 32.3 Å². The number of methoxy groups -OCH3 is 1.